The molecule has 0 saturated carbocycles. The molecule has 0 radical (unpaired) electrons. The molecule has 104 valence electrons. The van der Waals surface area contributed by atoms with Crippen LogP contribution >= 0.6 is 23.2 Å². The van der Waals surface area contributed by atoms with Crippen molar-refractivity contribution < 1.29 is 9.18 Å². The molecule has 2 rings (SSSR count). The summed E-state index contributed by atoms with van der Waals surface area (Å²) in [7, 11) is 0. The first-order valence-electron chi connectivity index (χ1n) is 5.74. The number of halogens is 3. The molecule has 6 heteroatoms. The van der Waals surface area contributed by atoms with E-state index in [4.69, 9.17) is 28.9 Å². The molecule has 0 aromatic heterocycles. The highest BCUT2D eigenvalue weighted by molar-refractivity contribution is 6.33. The minimum atomic E-state index is -0.900. The van der Waals surface area contributed by atoms with Gasteiger partial charge in [0.1, 0.15) is 11.9 Å². The minimum absolute atomic E-state index is 0.119. The largest absolute Gasteiger partial charge is 0.369 e. The molecule has 0 saturated heterocycles. The van der Waals surface area contributed by atoms with E-state index in [1.54, 1.807) is 24.3 Å². The number of nitrogens with one attached hydrogen (secondary N) is 1. The molecule has 3 nitrogen and oxygen atoms in total. The second-order valence-electron chi connectivity index (χ2n) is 4.13. The molecular weight excluding hydrogens is 302 g/mol. The second-order valence-corrected chi connectivity index (χ2v) is 4.94. The van der Waals surface area contributed by atoms with Gasteiger partial charge >= 0.3 is 0 Å². The first-order chi connectivity index (χ1) is 9.49. The van der Waals surface area contributed by atoms with Crippen LogP contribution in [0.15, 0.2) is 42.5 Å². The normalized spacial score (nSPS) is 11.9. The first kappa shape index (κ1) is 14.6. The summed E-state index contributed by atoms with van der Waals surface area (Å²) in [6.45, 7) is 0. The number of carbonyl (C=O) groups is 1. The van der Waals surface area contributed by atoms with Crippen LogP contribution in [0.1, 0.15) is 11.6 Å². The molecule has 0 bridgehead atoms. The molecule has 0 aliphatic carbocycles. The molecule has 0 aliphatic rings. The lowest BCUT2D eigenvalue weighted by Gasteiger charge is -2.19. The van der Waals surface area contributed by atoms with E-state index in [9.17, 15) is 9.18 Å². The van der Waals surface area contributed by atoms with Crippen LogP contribution in [0.3, 0.4) is 0 Å². The average molecular weight is 313 g/mol. The van der Waals surface area contributed by atoms with Crippen molar-refractivity contribution in [3.8, 4) is 0 Å². The fourth-order valence-corrected chi connectivity index (χ4v) is 2.24. The van der Waals surface area contributed by atoms with Gasteiger partial charge in [-0.05, 0) is 24.3 Å². The molecule has 0 spiro atoms. The lowest BCUT2D eigenvalue weighted by Crippen LogP contribution is -2.28. The molecule has 2 aromatic carbocycles. The zero-order valence-corrected chi connectivity index (χ0v) is 11.8. The summed E-state index contributed by atoms with van der Waals surface area (Å²) in [5, 5.41) is 3.47. The Balaban J connectivity index is 2.37. The monoisotopic (exact) mass is 312 g/mol. The van der Waals surface area contributed by atoms with Crippen LogP contribution in [0.25, 0.3) is 0 Å². The Hall–Kier alpha value is -1.78. The van der Waals surface area contributed by atoms with Crippen molar-refractivity contribution in [3.63, 3.8) is 0 Å². The van der Waals surface area contributed by atoms with Crippen LogP contribution in [0, 0.1) is 5.82 Å². The summed E-state index contributed by atoms with van der Waals surface area (Å²) >= 11 is 12.0. The van der Waals surface area contributed by atoms with Gasteiger partial charge in [-0.3, -0.25) is 4.79 Å². The number of primary amides is 1. The van der Waals surface area contributed by atoms with Gasteiger partial charge in [0, 0.05) is 10.6 Å². The van der Waals surface area contributed by atoms with E-state index in [-0.39, 0.29) is 5.02 Å². The van der Waals surface area contributed by atoms with Gasteiger partial charge in [0.25, 0.3) is 0 Å². The van der Waals surface area contributed by atoms with Crippen LogP contribution in [-0.4, -0.2) is 5.91 Å². The van der Waals surface area contributed by atoms with Crippen LogP contribution < -0.4 is 11.1 Å². The fourth-order valence-electron chi connectivity index (χ4n) is 1.77. The van der Waals surface area contributed by atoms with Crippen molar-refractivity contribution in [1.29, 1.82) is 0 Å². The lowest BCUT2D eigenvalue weighted by atomic mass is 10.1. The van der Waals surface area contributed by atoms with E-state index in [2.05, 4.69) is 5.32 Å². The van der Waals surface area contributed by atoms with Crippen molar-refractivity contribution in [1.82, 2.24) is 0 Å². The van der Waals surface area contributed by atoms with Gasteiger partial charge in [0.2, 0.25) is 5.91 Å². The van der Waals surface area contributed by atoms with E-state index in [0.717, 1.165) is 6.07 Å². The molecule has 0 fully saturated rings. The van der Waals surface area contributed by atoms with E-state index in [1.165, 1.54) is 12.1 Å². The van der Waals surface area contributed by atoms with Gasteiger partial charge < -0.3 is 11.1 Å². The molecule has 3 N–H and O–H groups in total. The Labute approximate surface area is 125 Å². The number of anilines is 1. The van der Waals surface area contributed by atoms with Crippen LogP contribution in [0.2, 0.25) is 10.0 Å². The maximum absolute atomic E-state index is 13.1. The van der Waals surface area contributed by atoms with Gasteiger partial charge in [-0.15, -0.1) is 0 Å². The van der Waals surface area contributed by atoms with Crippen molar-refractivity contribution in [2.24, 2.45) is 5.73 Å². The molecule has 1 unspecified atom stereocenters. The third kappa shape index (κ3) is 3.21. The number of hydrogen-bond donors (Lipinski definition) is 2. The number of amides is 1. The Morgan fingerprint density at radius 1 is 1.15 bits per heavy atom. The summed E-state index contributed by atoms with van der Waals surface area (Å²) < 4.78 is 13.1. The third-order valence-corrected chi connectivity index (χ3v) is 3.39. The smallest absolute Gasteiger partial charge is 0.244 e. The van der Waals surface area contributed by atoms with Crippen LogP contribution in [0.5, 0.6) is 0 Å². The van der Waals surface area contributed by atoms with E-state index >= 15 is 0 Å². The van der Waals surface area contributed by atoms with Gasteiger partial charge in [0.05, 0.1) is 10.7 Å². The highest BCUT2D eigenvalue weighted by Gasteiger charge is 2.21. The fraction of sp³-hybridized carbons (Fsp3) is 0.0714. The number of hydrogen-bond acceptors (Lipinski definition) is 2. The number of para-hydroxylation sites is 1. The first-order valence-corrected chi connectivity index (χ1v) is 6.50. The van der Waals surface area contributed by atoms with Crippen molar-refractivity contribution in [2.75, 3.05) is 5.32 Å². The van der Waals surface area contributed by atoms with Gasteiger partial charge in [0.15, 0.2) is 0 Å². The maximum Gasteiger partial charge on any atom is 0.244 e. The Morgan fingerprint density at radius 2 is 1.85 bits per heavy atom. The van der Waals surface area contributed by atoms with Crippen molar-refractivity contribution in [2.45, 2.75) is 6.04 Å². The third-order valence-electron chi connectivity index (χ3n) is 2.73. The molecule has 2 aromatic rings. The summed E-state index contributed by atoms with van der Waals surface area (Å²) in [6.07, 6.45) is 0. The molecule has 1 amide bonds. The highest BCUT2D eigenvalue weighted by Crippen LogP contribution is 2.29. The predicted molar refractivity (Wildman–Crippen MR) is 78.4 cm³/mol. The molecule has 0 heterocycles. The lowest BCUT2D eigenvalue weighted by molar-refractivity contribution is -0.118. The maximum atomic E-state index is 13.1. The number of nitrogens with two attached hydrogens (primary N) is 1. The number of rotatable bonds is 4. The van der Waals surface area contributed by atoms with E-state index < -0.39 is 17.8 Å². The zero-order chi connectivity index (χ0) is 14.7. The topological polar surface area (TPSA) is 55.1 Å². The van der Waals surface area contributed by atoms with Gasteiger partial charge in [-0.25, -0.2) is 4.39 Å². The molecule has 0 aliphatic heterocycles. The standard InChI is InChI=1S/C14H11Cl2FN2O/c15-10-3-1-2-4-12(10)19-13(14(18)20)9-6-5-8(17)7-11(9)16/h1-7,13,19H,(H2,18,20). The SMILES string of the molecule is NC(=O)C(Nc1ccccc1Cl)c1ccc(F)cc1Cl. The summed E-state index contributed by atoms with van der Waals surface area (Å²) in [6, 6.07) is 9.76. The van der Waals surface area contributed by atoms with E-state index in [0.29, 0.717) is 16.3 Å². The van der Waals surface area contributed by atoms with E-state index in [1.807, 2.05) is 0 Å². The molecule has 20 heavy (non-hydrogen) atoms. The summed E-state index contributed by atoms with van der Waals surface area (Å²) in [5.74, 6) is -1.13. The summed E-state index contributed by atoms with van der Waals surface area (Å²) in [4.78, 5) is 11.6. The van der Waals surface area contributed by atoms with Crippen molar-refractivity contribution in [3.05, 3.63) is 63.9 Å². The summed E-state index contributed by atoms with van der Waals surface area (Å²) in [5.41, 5.74) is 6.31. The highest BCUT2D eigenvalue weighted by atomic mass is 35.5. The minimum Gasteiger partial charge on any atom is -0.369 e. The Bertz CT molecular complexity index is 649. The quantitative estimate of drug-likeness (QED) is 0.903. The number of carbonyl (C=O) groups excluding carboxylic acids is 1. The van der Waals surface area contributed by atoms with Crippen LogP contribution in [-0.2, 0) is 4.79 Å². The average Bonchev–Trinajstić information content (AvgIpc) is 2.38. The Morgan fingerprint density at radius 3 is 2.45 bits per heavy atom. The van der Waals surface area contributed by atoms with Crippen LogP contribution in [0.4, 0.5) is 10.1 Å². The molecular formula is C14H11Cl2FN2O. The number of benzene rings is 2. The Kier molecular flexibility index (Phi) is 4.47. The van der Waals surface area contributed by atoms with Gasteiger partial charge in [-0.1, -0.05) is 41.4 Å². The van der Waals surface area contributed by atoms with Crippen molar-refractivity contribution >= 4 is 34.8 Å². The zero-order valence-electron chi connectivity index (χ0n) is 10.2. The predicted octanol–water partition coefficient (Wildman–Crippen LogP) is 3.77. The van der Waals surface area contributed by atoms with Gasteiger partial charge in [-0.2, -0.15) is 0 Å². The molecule has 1 atom stereocenters. The second kappa shape index (κ2) is 6.11.